The third-order valence-electron chi connectivity index (χ3n) is 1.59. The normalized spacial score (nSPS) is 10.2. The molecule has 0 N–H and O–H groups in total. The summed E-state index contributed by atoms with van der Waals surface area (Å²) in [7, 11) is 0. The van der Waals surface area contributed by atoms with Gasteiger partial charge in [0.2, 0.25) is 0 Å². The number of rotatable bonds is 4. The largest absolute Gasteiger partial charge is 0.457 e. The molecule has 0 radical (unpaired) electrons. The van der Waals surface area contributed by atoms with E-state index in [1.165, 1.54) is 19.9 Å². The van der Waals surface area contributed by atoms with Gasteiger partial charge in [-0.1, -0.05) is 0 Å². The molecule has 88 valence electrons. The monoisotopic (exact) mass is 246 g/mol. The van der Waals surface area contributed by atoms with Crippen molar-refractivity contribution < 1.29 is 23.5 Å². The lowest BCUT2D eigenvalue weighted by Gasteiger charge is -2.13. The molecule has 0 saturated carbocycles. The number of carbonyl (C=O) groups is 2. The molecule has 0 amide bonds. The Kier molecular flexibility index (Phi) is 4.37. The first-order valence-corrected chi connectivity index (χ1v) is 5.05. The lowest BCUT2D eigenvalue weighted by molar-refractivity contribution is -0.189. The van der Waals surface area contributed by atoms with Crippen LogP contribution in [0.2, 0.25) is 0 Å². The number of esters is 2. The second-order valence-electron chi connectivity index (χ2n) is 2.99. The summed E-state index contributed by atoms with van der Waals surface area (Å²) >= 11 is 5.55. The molecule has 1 aromatic heterocycles. The summed E-state index contributed by atoms with van der Waals surface area (Å²) in [5.41, 5.74) is 0. The molecule has 0 aliphatic carbocycles. The molecular formula is C10H11ClO5. The van der Waals surface area contributed by atoms with Crippen LogP contribution in [0, 0.1) is 0 Å². The Hall–Kier alpha value is -1.49. The highest BCUT2D eigenvalue weighted by molar-refractivity contribution is 6.16. The Balaban J connectivity index is 2.82. The quantitative estimate of drug-likeness (QED) is 0.463. The number of alkyl halides is 1. The highest BCUT2D eigenvalue weighted by Gasteiger charge is 2.21. The number of furan rings is 1. The highest BCUT2D eigenvalue weighted by atomic mass is 35.5. The second kappa shape index (κ2) is 5.55. The molecule has 0 saturated heterocycles. The van der Waals surface area contributed by atoms with E-state index in [-0.39, 0.29) is 11.6 Å². The number of hydrogen-bond acceptors (Lipinski definition) is 5. The Morgan fingerprint density at radius 1 is 1.31 bits per heavy atom. The predicted molar refractivity (Wildman–Crippen MR) is 54.5 cm³/mol. The Bertz CT molecular complexity index is 368. The van der Waals surface area contributed by atoms with E-state index < -0.39 is 18.2 Å². The van der Waals surface area contributed by atoms with Gasteiger partial charge in [0, 0.05) is 13.8 Å². The van der Waals surface area contributed by atoms with Crippen molar-refractivity contribution in [2.75, 3.05) is 0 Å². The molecule has 0 atom stereocenters. The number of hydrogen-bond donors (Lipinski definition) is 0. The van der Waals surface area contributed by atoms with Gasteiger partial charge in [0.25, 0.3) is 0 Å². The lowest BCUT2D eigenvalue weighted by atomic mass is 10.4. The maximum Gasteiger partial charge on any atom is 0.306 e. The van der Waals surface area contributed by atoms with Crippen LogP contribution in [0.5, 0.6) is 0 Å². The molecule has 0 unspecified atom stereocenters. The van der Waals surface area contributed by atoms with Crippen molar-refractivity contribution in [3.8, 4) is 0 Å². The first-order chi connectivity index (χ1) is 7.52. The smallest absolute Gasteiger partial charge is 0.306 e. The van der Waals surface area contributed by atoms with Crippen LogP contribution in [0.4, 0.5) is 0 Å². The number of ether oxygens (including phenoxy) is 2. The molecule has 0 aliphatic heterocycles. The molecule has 0 aliphatic rings. The lowest BCUT2D eigenvalue weighted by Crippen LogP contribution is -2.14. The Morgan fingerprint density at radius 3 is 2.25 bits per heavy atom. The van der Waals surface area contributed by atoms with Gasteiger partial charge in [0.15, 0.2) is 5.76 Å². The molecule has 16 heavy (non-hydrogen) atoms. The fourth-order valence-corrected chi connectivity index (χ4v) is 1.18. The first-order valence-electron chi connectivity index (χ1n) is 4.52. The van der Waals surface area contributed by atoms with Crippen molar-refractivity contribution in [2.24, 2.45) is 0 Å². The molecule has 1 aromatic rings. The average Bonchev–Trinajstić information content (AvgIpc) is 2.63. The van der Waals surface area contributed by atoms with Crippen molar-refractivity contribution in [1.29, 1.82) is 0 Å². The molecule has 0 bridgehead atoms. The number of halogens is 1. The van der Waals surface area contributed by atoms with E-state index >= 15 is 0 Å². The van der Waals surface area contributed by atoms with Crippen LogP contribution in [0.15, 0.2) is 16.5 Å². The van der Waals surface area contributed by atoms with Crippen LogP contribution < -0.4 is 0 Å². The summed E-state index contributed by atoms with van der Waals surface area (Å²) in [4.78, 5) is 21.6. The summed E-state index contributed by atoms with van der Waals surface area (Å²) in [5, 5.41) is 0. The van der Waals surface area contributed by atoms with Crippen molar-refractivity contribution in [1.82, 2.24) is 0 Å². The van der Waals surface area contributed by atoms with Gasteiger partial charge in [-0.15, -0.1) is 11.6 Å². The zero-order valence-corrected chi connectivity index (χ0v) is 9.61. The summed E-state index contributed by atoms with van der Waals surface area (Å²) in [6.45, 7) is 2.42. The highest BCUT2D eigenvalue weighted by Crippen LogP contribution is 2.22. The van der Waals surface area contributed by atoms with Gasteiger partial charge in [-0.25, -0.2) is 0 Å². The van der Waals surface area contributed by atoms with Gasteiger partial charge < -0.3 is 13.9 Å². The molecule has 0 fully saturated rings. The minimum atomic E-state index is -1.16. The molecule has 0 spiro atoms. The van der Waals surface area contributed by atoms with Crippen LogP contribution in [0.1, 0.15) is 31.7 Å². The van der Waals surface area contributed by atoms with Crippen molar-refractivity contribution in [3.05, 3.63) is 23.7 Å². The van der Waals surface area contributed by atoms with Crippen LogP contribution >= 0.6 is 11.6 Å². The zero-order chi connectivity index (χ0) is 12.1. The average molecular weight is 247 g/mol. The van der Waals surface area contributed by atoms with E-state index in [1.54, 1.807) is 6.07 Å². The van der Waals surface area contributed by atoms with E-state index in [4.69, 9.17) is 25.5 Å². The minimum Gasteiger partial charge on any atom is -0.457 e. The SMILES string of the molecule is CC(=O)OC(OC(C)=O)c1ccc(CCl)o1. The van der Waals surface area contributed by atoms with Crippen molar-refractivity contribution >= 4 is 23.5 Å². The van der Waals surface area contributed by atoms with Crippen LogP contribution in [-0.4, -0.2) is 11.9 Å². The van der Waals surface area contributed by atoms with Gasteiger partial charge in [-0.3, -0.25) is 9.59 Å². The van der Waals surface area contributed by atoms with E-state index in [9.17, 15) is 9.59 Å². The second-order valence-corrected chi connectivity index (χ2v) is 3.26. The third kappa shape index (κ3) is 3.58. The minimum absolute atomic E-state index is 0.187. The standard InChI is InChI=1S/C10H11ClO5/c1-6(12)14-10(15-7(2)13)9-4-3-8(5-11)16-9/h3-4,10H,5H2,1-2H3. The Labute approximate surface area is 97.3 Å². The summed E-state index contributed by atoms with van der Waals surface area (Å²) in [5.74, 6) is -0.237. The summed E-state index contributed by atoms with van der Waals surface area (Å²) < 4.78 is 14.8. The molecule has 0 aromatic carbocycles. The van der Waals surface area contributed by atoms with E-state index in [0.29, 0.717) is 5.76 Å². The number of carbonyl (C=O) groups excluding carboxylic acids is 2. The van der Waals surface area contributed by atoms with Crippen LogP contribution in [0.3, 0.4) is 0 Å². The van der Waals surface area contributed by atoms with Gasteiger partial charge in [0.05, 0.1) is 5.88 Å². The van der Waals surface area contributed by atoms with E-state index in [0.717, 1.165) is 0 Å². The maximum absolute atomic E-state index is 10.8. The molecular weight excluding hydrogens is 236 g/mol. The summed E-state index contributed by atoms with van der Waals surface area (Å²) in [6.07, 6.45) is -1.16. The van der Waals surface area contributed by atoms with E-state index in [1.807, 2.05) is 0 Å². The molecule has 6 heteroatoms. The molecule has 5 nitrogen and oxygen atoms in total. The molecule has 1 rings (SSSR count). The van der Waals surface area contributed by atoms with Crippen molar-refractivity contribution in [3.63, 3.8) is 0 Å². The molecule has 1 heterocycles. The predicted octanol–water partition coefficient (Wildman–Crippen LogP) is 2.14. The fourth-order valence-electron chi connectivity index (χ4n) is 1.03. The van der Waals surface area contributed by atoms with Gasteiger partial charge in [-0.2, -0.15) is 0 Å². The third-order valence-corrected chi connectivity index (χ3v) is 1.86. The Morgan fingerprint density at radius 2 is 1.88 bits per heavy atom. The van der Waals surface area contributed by atoms with Crippen molar-refractivity contribution in [2.45, 2.75) is 26.0 Å². The van der Waals surface area contributed by atoms with Gasteiger partial charge in [0.1, 0.15) is 5.76 Å². The zero-order valence-electron chi connectivity index (χ0n) is 8.86. The topological polar surface area (TPSA) is 65.7 Å². The van der Waals surface area contributed by atoms with E-state index in [2.05, 4.69) is 0 Å². The van der Waals surface area contributed by atoms with Gasteiger partial charge >= 0.3 is 18.2 Å². The maximum atomic E-state index is 10.8. The fraction of sp³-hybridized carbons (Fsp3) is 0.400. The van der Waals surface area contributed by atoms with Gasteiger partial charge in [-0.05, 0) is 12.1 Å². The summed E-state index contributed by atoms with van der Waals surface area (Å²) in [6, 6.07) is 3.15. The van der Waals surface area contributed by atoms with Crippen LogP contribution in [-0.2, 0) is 24.9 Å². The van der Waals surface area contributed by atoms with Crippen LogP contribution in [0.25, 0.3) is 0 Å². The first kappa shape index (κ1) is 12.6.